The number of nitrogens with one attached hydrogen (secondary N) is 1. The van der Waals surface area contributed by atoms with Crippen molar-refractivity contribution in [3.05, 3.63) is 23.8 Å². The molecule has 3 N–H and O–H groups in total. The lowest BCUT2D eigenvalue weighted by molar-refractivity contribution is -0.121. The first-order valence-corrected chi connectivity index (χ1v) is 6.75. The fourth-order valence-corrected chi connectivity index (χ4v) is 1.95. The molecule has 112 valence electrons. The van der Waals surface area contributed by atoms with Crippen LogP contribution in [0.5, 0.6) is 0 Å². The van der Waals surface area contributed by atoms with Gasteiger partial charge in [-0.05, 0) is 45.5 Å². The second-order valence-corrected chi connectivity index (χ2v) is 5.15. The number of anilines is 2. The van der Waals surface area contributed by atoms with Crippen LogP contribution < -0.4 is 11.1 Å². The van der Waals surface area contributed by atoms with Gasteiger partial charge in [0.05, 0.1) is 12.6 Å². The summed E-state index contributed by atoms with van der Waals surface area (Å²) in [5.41, 5.74) is 8.17. The number of likely N-dealkylation sites (N-methyl/N-ethyl adjacent to an activating group) is 1. The summed E-state index contributed by atoms with van der Waals surface area (Å²) >= 11 is 0. The van der Waals surface area contributed by atoms with E-state index in [1.807, 2.05) is 50.9 Å². The van der Waals surface area contributed by atoms with Crippen molar-refractivity contribution in [3.8, 4) is 0 Å². The topological polar surface area (TPSA) is 67.6 Å². The minimum Gasteiger partial charge on any atom is -0.398 e. The van der Waals surface area contributed by atoms with E-state index in [2.05, 4.69) is 5.32 Å². The number of carbonyl (C=O) groups is 1. The summed E-state index contributed by atoms with van der Waals surface area (Å²) in [6, 6.07) is 5.43. The van der Waals surface area contributed by atoms with Crippen LogP contribution in [0.15, 0.2) is 18.2 Å². The number of rotatable bonds is 6. The number of hydrogen-bond acceptors (Lipinski definition) is 4. The SMILES string of the molecule is COCC(C)N(C)C(C)C(=O)Nc1cccc(N)c1C. The molecule has 1 rings (SSSR count). The van der Waals surface area contributed by atoms with Crippen molar-refractivity contribution in [2.45, 2.75) is 32.9 Å². The summed E-state index contributed by atoms with van der Waals surface area (Å²) in [6.07, 6.45) is 0. The zero-order valence-electron chi connectivity index (χ0n) is 12.9. The molecule has 0 aliphatic rings. The van der Waals surface area contributed by atoms with E-state index in [0.717, 1.165) is 11.3 Å². The number of nitrogens with zero attached hydrogens (tertiary/aromatic N) is 1. The Kier molecular flexibility index (Phi) is 5.98. The van der Waals surface area contributed by atoms with Crippen molar-refractivity contribution >= 4 is 17.3 Å². The fourth-order valence-electron chi connectivity index (χ4n) is 1.95. The monoisotopic (exact) mass is 279 g/mol. The molecule has 0 spiro atoms. The van der Waals surface area contributed by atoms with Gasteiger partial charge in [0, 0.05) is 24.5 Å². The molecule has 1 amide bonds. The second kappa shape index (κ2) is 7.26. The number of nitrogen functional groups attached to an aromatic ring is 1. The van der Waals surface area contributed by atoms with Crippen molar-refractivity contribution in [2.75, 3.05) is 31.8 Å². The summed E-state index contributed by atoms with van der Waals surface area (Å²) in [7, 11) is 3.57. The molecule has 0 saturated heterocycles. The number of benzene rings is 1. The Labute approximate surface area is 121 Å². The van der Waals surface area contributed by atoms with E-state index in [9.17, 15) is 4.79 Å². The van der Waals surface area contributed by atoms with Gasteiger partial charge in [-0.1, -0.05) is 6.07 Å². The maximum absolute atomic E-state index is 12.3. The molecule has 20 heavy (non-hydrogen) atoms. The number of carbonyl (C=O) groups excluding carboxylic acids is 1. The molecule has 0 aromatic heterocycles. The molecule has 5 heteroatoms. The van der Waals surface area contributed by atoms with Gasteiger partial charge in [-0.25, -0.2) is 0 Å². The first kappa shape index (κ1) is 16.5. The maximum Gasteiger partial charge on any atom is 0.241 e. The highest BCUT2D eigenvalue weighted by Crippen LogP contribution is 2.21. The maximum atomic E-state index is 12.3. The molecule has 5 nitrogen and oxygen atoms in total. The normalized spacial score (nSPS) is 14.1. The van der Waals surface area contributed by atoms with Gasteiger partial charge in [0.1, 0.15) is 0 Å². The predicted molar refractivity (Wildman–Crippen MR) is 82.8 cm³/mol. The standard InChI is InChI=1S/C15H25N3O2/c1-10(9-20-5)18(4)12(3)15(19)17-14-8-6-7-13(16)11(14)2/h6-8,10,12H,9,16H2,1-5H3,(H,17,19). The van der Waals surface area contributed by atoms with Crippen LogP contribution in [0, 0.1) is 6.92 Å². The van der Waals surface area contributed by atoms with Gasteiger partial charge < -0.3 is 15.8 Å². The summed E-state index contributed by atoms with van der Waals surface area (Å²) < 4.78 is 5.12. The van der Waals surface area contributed by atoms with Crippen molar-refractivity contribution in [3.63, 3.8) is 0 Å². The number of methoxy groups -OCH3 is 1. The van der Waals surface area contributed by atoms with Gasteiger partial charge in [0.15, 0.2) is 0 Å². The minimum atomic E-state index is -0.249. The highest BCUT2D eigenvalue weighted by molar-refractivity contribution is 5.95. The predicted octanol–water partition coefficient (Wildman–Crippen LogP) is 1.87. The van der Waals surface area contributed by atoms with Gasteiger partial charge in [0.25, 0.3) is 0 Å². The first-order chi connectivity index (χ1) is 9.38. The number of ether oxygens (including phenoxy) is 1. The molecule has 2 atom stereocenters. The molecule has 1 aromatic rings. The highest BCUT2D eigenvalue weighted by Gasteiger charge is 2.22. The van der Waals surface area contributed by atoms with Crippen LogP contribution in [-0.4, -0.2) is 43.7 Å². The highest BCUT2D eigenvalue weighted by atomic mass is 16.5. The quantitative estimate of drug-likeness (QED) is 0.780. The Morgan fingerprint density at radius 3 is 2.70 bits per heavy atom. The third-order valence-corrected chi connectivity index (χ3v) is 3.73. The molecule has 0 saturated carbocycles. The average molecular weight is 279 g/mol. The Bertz CT molecular complexity index is 462. The van der Waals surface area contributed by atoms with E-state index in [0.29, 0.717) is 12.3 Å². The Morgan fingerprint density at radius 2 is 2.10 bits per heavy atom. The van der Waals surface area contributed by atoms with Crippen molar-refractivity contribution in [2.24, 2.45) is 0 Å². The lowest BCUT2D eigenvalue weighted by Gasteiger charge is -2.29. The van der Waals surface area contributed by atoms with Crippen LogP contribution in [-0.2, 0) is 9.53 Å². The zero-order valence-corrected chi connectivity index (χ0v) is 12.9. The van der Waals surface area contributed by atoms with Crippen LogP contribution in [0.3, 0.4) is 0 Å². The molecule has 0 radical (unpaired) electrons. The Hall–Kier alpha value is -1.59. The molecular weight excluding hydrogens is 254 g/mol. The van der Waals surface area contributed by atoms with E-state index < -0.39 is 0 Å². The van der Waals surface area contributed by atoms with Crippen LogP contribution in [0.2, 0.25) is 0 Å². The van der Waals surface area contributed by atoms with E-state index in [1.165, 1.54) is 0 Å². The molecule has 0 aliphatic heterocycles. The Morgan fingerprint density at radius 1 is 1.45 bits per heavy atom. The average Bonchev–Trinajstić information content (AvgIpc) is 2.42. The van der Waals surface area contributed by atoms with Crippen molar-refractivity contribution < 1.29 is 9.53 Å². The largest absolute Gasteiger partial charge is 0.398 e. The minimum absolute atomic E-state index is 0.0517. The third kappa shape index (κ3) is 3.95. The molecule has 2 unspecified atom stereocenters. The molecular formula is C15H25N3O2. The van der Waals surface area contributed by atoms with Gasteiger partial charge >= 0.3 is 0 Å². The van der Waals surface area contributed by atoms with E-state index in [-0.39, 0.29) is 18.0 Å². The van der Waals surface area contributed by atoms with Gasteiger partial charge in [-0.3, -0.25) is 9.69 Å². The first-order valence-electron chi connectivity index (χ1n) is 6.75. The van der Waals surface area contributed by atoms with Crippen LogP contribution in [0.4, 0.5) is 11.4 Å². The van der Waals surface area contributed by atoms with E-state index in [1.54, 1.807) is 7.11 Å². The molecule has 1 aromatic carbocycles. The van der Waals surface area contributed by atoms with Crippen LogP contribution in [0.1, 0.15) is 19.4 Å². The summed E-state index contributed by atoms with van der Waals surface area (Å²) in [4.78, 5) is 14.3. The number of hydrogen-bond donors (Lipinski definition) is 2. The summed E-state index contributed by atoms with van der Waals surface area (Å²) in [5.74, 6) is -0.0517. The van der Waals surface area contributed by atoms with Crippen molar-refractivity contribution in [1.29, 1.82) is 0 Å². The third-order valence-electron chi connectivity index (χ3n) is 3.73. The van der Waals surface area contributed by atoms with Gasteiger partial charge in [0.2, 0.25) is 5.91 Å². The number of nitrogens with two attached hydrogens (primary N) is 1. The lowest BCUT2D eigenvalue weighted by atomic mass is 10.1. The second-order valence-electron chi connectivity index (χ2n) is 5.15. The molecule has 0 aliphatic carbocycles. The number of amides is 1. The zero-order chi connectivity index (χ0) is 15.3. The smallest absolute Gasteiger partial charge is 0.241 e. The molecule has 0 bridgehead atoms. The van der Waals surface area contributed by atoms with E-state index in [4.69, 9.17) is 10.5 Å². The molecule has 0 fully saturated rings. The van der Waals surface area contributed by atoms with Crippen LogP contribution in [0.25, 0.3) is 0 Å². The van der Waals surface area contributed by atoms with Gasteiger partial charge in [-0.15, -0.1) is 0 Å². The molecule has 0 heterocycles. The lowest BCUT2D eigenvalue weighted by Crippen LogP contribution is -2.45. The van der Waals surface area contributed by atoms with Gasteiger partial charge in [-0.2, -0.15) is 0 Å². The summed E-state index contributed by atoms with van der Waals surface area (Å²) in [5, 5.41) is 2.93. The fraction of sp³-hybridized carbons (Fsp3) is 0.533. The van der Waals surface area contributed by atoms with E-state index >= 15 is 0 Å². The summed E-state index contributed by atoms with van der Waals surface area (Å²) in [6.45, 7) is 6.39. The Balaban J connectivity index is 2.73. The van der Waals surface area contributed by atoms with Crippen LogP contribution >= 0.6 is 0 Å². The van der Waals surface area contributed by atoms with Crippen molar-refractivity contribution in [1.82, 2.24) is 4.90 Å².